The molecule has 0 aliphatic rings. The first kappa shape index (κ1) is 15.3. The fourth-order valence-electron chi connectivity index (χ4n) is 2.11. The molecule has 0 amide bonds. The quantitative estimate of drug-likeness (QED) is 0.883. The molecule has 0 bridgehead atoms. The van der Waals surface area contributed by atoms with Gasteiger partial charge in [0.15, 0.2) is 0 Å². The third-order valence-electron chi connectivity index (χ3n) is 3.23. The number of benzene rings is 2. The molecule has 0 radical (unpaired) electrons. The van der Waals surface area contributed by atoms with Crippen LogP contribution in [0, 0.1) is 12.7 Å². The minimum Gasteiger partial charge on any atom is -0.396 e. The minimum atomic E-state index is -3.83. The van der Waals surface area contributed by atoms with Crippen LogP contribution in [-0.4, -0.2) is 15.0 Å². The number of para-hydroxylation sites is 1. The Balaban J connectivity index is 2.55. The van der Waals surface area contributed by atoms with Crippen LogP contribution < -0.4 is 10.0 Å². The van der Waals surface area contributed by atoms with Crippen LogP contribution in [0.5, 0.6) is 0 Å². The summed E-state index contributed by atoms with van der Waals surface area (Å²) in [5, 5.41) is 0. The molecule has 0 aliphatic heterocycles. The number of rotatable bonds is 4. The van der Waals surface area contributed by atoms with Crippen molar-refractivity contribution >= 4 is 21.4 Å². The topological polar surface area (TPSA) is 63.4 Å². The summed E-state index contributed by atoms with van der Waals surface area (Å²) in [7, 11) is -3.83. The molecule has 0 saturated heterocycles. The standard InChI is InChI=1S/C15H17FN2O2S/c1-3-18(15-7-5-4-6-11(15)2)21(19,20)12-8-9-14(17)13(16)10-12/h4-10H,3,17H2,1-2H3. The number of aryl methyl sites for hydroxylation is 1. The lowest BCUT2D eigenvalue weighted by Gasteiger charge is -2.24. The molecule has 0 atom stereocenters. The van der Waals surface area contributed by atoms with Crippen molar-refractivity contribution in [1.82, 2.24) is 0 Å². The average Bonchev–Trinajstić information content (AvgIpc) is 2.44. The van der Waals surface area contributed by atoms with Gasteiger partial charge in [0.05, 0.1) is 16.3 Å². The van der Waals surface area contributed by atoms with E-state index in [0.29, 0.717) is 5.69 Å². The van der Waals surface area contributed by atoms with Crippen LogP contribution in [0.1, 0.15) is 12.5 Å². The van der Waals surface area contributed by atoms with E-state index in [1.54, 1.807) is 19.1 Å². The second-order valence-corrected chi connectivity index (χ2v) is 6.50. The van der Waals surface area contributed by atoms with Crippen LogP contribution in [0.3, 0.4) is 0 Å². The molecule has 2 rings (SSSR count). The Bertz CT molecular complexity index is 760. The molecule has 0 saturated carbocycles. The molecule has 4 nitrogen and oxygen atoms in total. The maximum Gasteiger partial charge on any atom is 0.264 e. The van der Waals surface area contributed by atoms with Crippen LogP contribution in [0.25, 0.3) is 0 Å². The number of nitrogen functional groups attached to an aromatic ring is 1. The van der Waals surface area contributed by atoms with Gasteiger partial charge in [0.2, 0.25) is 0 Å². The van der Waals surface area contributed by atoms with Gasteiger partial charge in [0, 0.05) is 6.54 Å². The van der Waals surface area contributed by atoms with E-state index in [1.807, 2.05) is 19.1 Å². The first-order chi connectivity index (χ1) is 9.87. The highest BCUT2D eigenvalue weighted by Gasteiger charge is 2.25. The van der Waals surface area contributed by atoms with Gasteiger partial charge < -0.3 is 5.73 Å². The first-order valence-electron chi connectivity index (χ1n) is 6.51. The van der Waals surface area contributed by atoms with Crippen molar-refractivity contribution in [2.75, 3.05) is 16.6 Å². The number of sulfonamides is 1. The maximum atomic E-state index is 13.6. The van der Waals surface area contributed by atoms with E-state index in [0.717, 1.165) is 11.6 Å². The van der Waals surface area contributed by atoms with Crippen molar-refractivity contribution in [3.05, 3.63) is 53.8 Å². The molecule has 0 aromatic heterocycles. The number of hydrogen-bond donors (Lipinski definition) is 1. The summed E-state index contributed by atoms with van der Waals surface area (Å²) >= 11 is 0. The molecule has 2 aromatic carbocycles. The number of hydrogen-bond acceptors (Lipinski definition) is 3. The van der Waals surface area contributed by atoms with Gasteiger partial charge in [-0.1, -0.05) is 18.2 Å². The molecule has 6 heteroatoms. The number of halogens is 1. The average molecular weight is 308 g/mol. The Kier molecular flexibility index (Phi) is 4.18. The van der Waals surface area contributed by atoms with Gasteiger partial charge in [-0.05, 0) is 43.7 Å². The van der Waals surface area contributed by atoms with Crippen LogP contribution in [0.2, 0.25) is 0 Å². The summed E-state index contributed by atoms with van der Waals surface area (Å²) in [6, 6.07) is 10.7. The molecule has 2 N–H and O–H groups in total. The van der Waals surface area contributed by atoms with E-state index >= 15 is 0 Å². The third kappa shape index (κ3) is 2.85. The Labute approximate surface area is 124 Å². The lowest BCUT2D eigenvalue weighted by atomic mass is 10.2. The SMILES string of the molecule is CCN(c1ccccc1C)S(=O)(=O)c1ccc(N)c(F)c1. The predicted molar refractivity (Wildman–Crippen MR) is 82.2 cm³/mol. The first-order valence-corrected chi connectivity index (χ1v) is 7.95. The monoisotopic (exact) mass is 308 g/mol. The van der Waals surface area contributed by atoms with E-state index in [4.69, 9.17) is 5.73 Å². The van der Waals surface area contributed by atoms with E-state index in [2.05, 4.69) is 0 Å². The molecule has 112 valence electrons. The van der Waals surface area contributed by atoms with Gasteiger partial charge in [-0.3, -0.25) is 4.31 Å². The lowest BCUT2D eigenvalue weighted by molar-refractivity contribution is 0.587. The van der Waals surface area contributed by atoms with Gasteiger partial charge in [0.25, 0.3) is 10.0 Å². The Hall–Kier alpha value is -2.08. The molecular weight excluding hydrogens is 291 g/mol. The molecule has 0 spiro atoms. The maximum absolute atomic E-state index is 13.6. The van der Waals surface area contributed by atoms with Crippen molar-refractivity contribution in [1.29, 1.82) is 0 Å². The largest absolute Gasteiger partial charge is 0.396 e. The van der Waals surface area contributed by atoms with Gasteiger partial charge >= 0.3 is 0 Å². The van der Waals surface area contributed by atoms with Gasteiger partial charge in [-0.2, -0.15) is 0 Å². The van der Waals surface area contributed by atoms with Crippen molar-refractivity contribution in [2.45, 2.75) is 18.7 Å². The van der Waals surface area contributed by atoms with Crippen molar-refractivity contribution in [3.63, 3.8) is 0 Å². The summed E-state index contributed by atoms with van der Waals surface area (Å²) in [4.78, 5) is -0.112. The second-order valence-electron chi connectivity index (χ2n) is 4.64. The van der Waals surface area contributed by atoms with Crippen LogP contribution in [-0.2, 0) is 10.0 Å². The van der Waals surface area contributed by atoms with Crippen LogP contribution in [0.15, 0.2) is 47.4 Å². The molecule has 0 heterocycles. The normalized spacial score (nSPS) is 11.4. The smallest absolute Gasteiger partial charge is 0.264 e. The summed E-state index contributed by atoms with van der Waals surface area (Å²) in [6.07, 6.45) is 0. The lowest BCUT2D eigenvalue weighted by Crippen LogP contribution is -2.31. The van der Waals surface area contributed by atoms with Crippen LogP contribution in [0.4, 0.5) is 15.8 Å². The summed E-state index contributed by atoms with van der Waals surface area (Å²) in [5.74, 6) is -0.739. The molecular formula is C15H17FN2O2S. The van der Waals surface area contributed by atoms with E-state index < -0.39 is 15.8 Å². The fraction of sp³-hybridized carbons (Fsp3) is 0.200. The molecule has 21 heavy (non-hydrogen) atoms. The highest BCUT2D eigenvalue weighted by atomic mass is 32.2. The minimum absolute atomic E-state index is 0.0760. The van der Waals surface area contributed by atoms with Gasteiger partial charge in [0.1, 0.15) is 5.82 Å². The summed E-state index contributed by atoms with van der Waals surface area (Å²) in [6.45, 7) is 3.81. The molecule has 2 aromatic rings. The number of anilines is 2. The number of nitrogens with two attached hydrogens (primary N) is 1. The Morgan fingerprint density at radius 1 is 1.19 bits per heavy atom. The Morgan fingerprint density at radius 3 is 2.43 bits per heavy atom. The van der Waals surface area contributed by atoms with Crippen molar-refractivity contribution in [3.8, 4) is 0 Å². The van der Waals surface area contributed by atoms with E-state index in [9.17, 15) is 12.8 Å². The third-order valence-corrected chi connectivity index (χ3v) is 5.12. The van der Waals surface area contributed by atoms with Crippen molar-refractivity contribution < 1.29 is 12.8 Å². The highest BCUT2D eigenvalue weighted by molar-refractivity contribution is 7.92. The predicted octanol–water partition coefficient (Wildman–Crippen LogP) is 2.93. The zero-order valence-electron chi connectivity index (χ0n) is 11.9. The zero-order chi connectivity index (χ0) is 15.6. The van der Waals surface area contributed by atoms with Gasteiger partial charge in [-0.15, -0.1) is 0 Å². The fourth-order valence-corrected chi connectivity index (χ4v) is 3.66. The molecule has 0 unspecified atom stereocenters. The van der Waals surface area contributed by atoms with E-state index in [1.165, 1.54) is 16.4 Å². The summed E-state index contributed by atoms with van der Waals surface area (Å²) < 4.78 is 40.2. The molecule has 0 fully saturated rings. The van der Waals surface area contributed by atoms with Crippen molar-refractivity contribution in [2.24, 2.45) is 0 Å². The Morgan fingerprint density at radius 2 is 1.86 bits per heavy atom. The zero-order valence-corrected chi connectivity index (χ0v) is 12.7. The highest BCUT2D eigenvalue weighted by Crippen LogP contribution is 2.27. The number of nitrogens with zero attached hydrogens (tertiary/aromatic N) is 1. The van der Waals surface area contributed by atoms with E-state index in [-0.39, 0.29) is 17.1 Å². The summed E-state index contributed by atoms with van der Waals surface area (Å²) in [5.41, 5.74) is 6.73. The van der Waals surface area contributed by atoms with Gasteiger partial charge in [-0.25, -0.2) is 12.8 Å². The molecule has 0 aliphatic carbocycles. The van der Waals surface area contributed by atoms with Crippen LogP contribution >= 0.6 is 0 Å². The second kappa shape index (κ2) is 5.73.